The van der Waals surface area contributed by atoms with E-state index < -0.39 is 0 Å². The minimum absolute atomic E-state index is 0.504. The summed E-state index contributed by atoms with van der Waals surface area (Å²) in [5, 5.41) is 3.50. The molecule has 1 N–H and O–H groups in total. The fourth-order valence-electron chi connectivity index (χ4n) is 2.95. The van der Waals surface area contributed by atoms with Crippen LogP contribution in [0, 0.1) is 25.7 Å². The zero-order chi connectivity index (χ0) is 17.6. The maximum Gasteiger partial charge on any atom is 0.229 e. The molecule has 1 aliphatic rings. The van der Waals surface area contributed by atoms with Crippen LogP contribution in [0.2, 0.25) is 0 Å². The summed E-state index contributed by atoms with van der Waals surface area (Å²) >= 11 is 0. The molecule has 0 aromatic carbocycles. The topological polar surface area (TPSA) is 69.2 Å². The number of aromatic nitrogens is 3. The van der Waals surface area contributed by atoms with Crippen molar-refractivity contribution in [2.24, 2.45) is 11.8 Å². The zero-order valence-corrected chi connectivity index (χ0v) is 15.2. The van der Waals surface area contributed by atoms with Gasteiger partial charge in [-0.15, -0.1) is 0 Å². The number of hydrogen-bond acceptors (Lipinski definition) is 6. The Bertz CT molecular complexity index is 708. The summed E-state index contributed by atoms with van der Waals surface area (Å²) in [6.45, 7) is 8.85. The molecule has 3 rings (SSSR count). The summed E-state index contributed by atoms with van der Waals surface area (Å²) in [7, 11) is 0. The van der Waals surface area contributed by atoms with E-state index in [4.69, 9.17) is 9.47 Å². The van der Waals surface area contributed by atoms with Crippen molar-refractivity contribution in [3.8, 4) is 17.5 Å². The lowest BCUT2D eigenvalue weighted by atomic mass is 10.0. The fourth-order valence-corrected chi connectivity index (χ4v) is 2.95. The van der Waals surface area contributed by atoms with Crippen LogP contribution in [0.5, 0.6) is 17.5 Å². The van der Waals surface area contributed by atoms with Crippen molar-refractivity contribution in [3.63, 3.8) is 0 Å². The first kappa shape index (κ1) is 17.6. The van der Waals surface area contributed by atoms with Crippen molar-refractivity contribution in [2.75, 3.05) is 19.7 Å². The van der Waals surface area contributed by atoms with E-state index in [0.29, 0.717) is 30.0 Å². The molecule has 0 radical (unpaired) electrons. The van der Waals surface area contributed by atoms with Gasteiger partial charge < -0.3 is 14.8 Å². The Labute approximate surface area is 149 Å². The average molecular weight is 342 g/mol. The van der Waals surface area contributed by atoms with Crippen LogP contribution in [-0.4, -0.2) is 34.6 Å². The summed E-state index contributed by atoms with van der Waals surface area (Å²) in [5.41, 5.74) is 1.63. The van der Waals surface area contributed by atoms with Crippen LogP contribution in [-0.2, 0) is 0 Å². The van der Waals surface area contributed by atoms with E-state index in [-0.39, 0.29) is 0 Å². The van der Waals surface area contributed by atoms with E-state index >= 15 is 0 Å². The van der Waals surface area contributed by atoms with E-state index in [9.17, 15) is 0 Å². The molecule has 3 heterocycles. The molecule has 0 aliphatic carbocycles. The third-order valence-electron chi connectivity index (χ3n) is 4.61. The molecule has 25 heavy (non-hydrogen) atoms. The van der Waals surface area contributed by atoms with E-state index in [1.54, 1.807) is 6.20 Å². The predicted molar refractivity (Wildman–Crippen MR) is 96.1 cm³/mol. The molecule has 2 aromatic heterocycles. The molecule has 1 aliphatic heterocycles. The van der Waals surface area contributed by atoms with Gasteiger partial charge in [0.15, 0.2) is 5.75 Å². The number of pyridine rings is 1. The first-order chi connectivity index (χ1) is 12.1. The standard InChI is InChI=1S/C19H26N4O2/c1-13-6-7-16(10-20-9-13)11-24-18-14(2)19(23-12-22-18)25-17-5-4-8-21-15(17)3/h4-5,8,12-13,16,20H,6-7,9-11H2,1-3H3. The summed E-state index contributed by atoms with van der Waals surface area (Å²) in [6.07, 6.45) is 5.64. The van der Waals surface area contributed by atoms with Gasteiger partial charge >= 0.3 is 0 Å². The highest BCUT2D eigenvalue weighted by Gasteiger charge is 2.18. The van der Waals surface area contributed by atoms with Gasteiger partial charge in [0.05, 0.1) is 17.9 Å². The van der Waals surface area contributed by atoms with E-state index in [1.165, 1.54) is 19.2 Å². The smallest absolute Gasteiger partial charge is 0.229 e. The van der Waals surface area contributed by atoms with Gasteiger partial charge in [-0.2, -0.15) is 0 Å². The molecule has 0 spiro atoms. The highest BCUT2D eigenvalue weighted by Crippen LogP contribution is 2.28. The lowest BCUT2D eigenvalue weighted by Crippen LogP contribution is -2.26. The van der Waals surface area contributed by atoms with Crippen molar-refractivity contribution < 1.29 is 9.47 Å². The Hall–Kier alpha value is -2.21. The molecule has 1 saturated heterocycles. The van der Waals surface area contributed by atoms with E-state index in [2.05, 4.69) is 27.2 Å². The molecule has 134 valence electrons. The van der Waals surface area contributed by atoms with Crippen LogP contribution < -0.4 is 14.8 Å². The third kappa shape index (κ3) is 4.66. The van der Waals surface area contributed by atoms with Crippen LogP contribution in [0.15, 0.2) is 24.7 Å². The molecule has 2 atom stereocenters. The van der Waals surface area contributed by atoms with Gasteiger partial charge in [-0.25, -0.2) is 9.97 Å². The summed E-state index contributed by atoms with van der Waals surface area (Å²) < 4.78 is 11.9. The molecule has 6 heteroatoms. The summed E-state index contributed by atoms with van der Waals surface area (Å²) in [6, 6.07) is 3.72. The van der Waals surface area contributed by atoms with Gasteiger partial charge in [0, 0.05) is 18.7 Å². The van der Waals surface area contributed by atoms with Crippen molar-refractivity contribution in [3.05, 3.63) is 35.9 Å². The molecular weight excluding hydrogens is 316 g/mol. The molecule has 6 nitrogen and oxygen atoms in total. The Balaban J connectivity index is 1.65. The first-order valence-corrected chi connectivity index (χ1v) is 8.88. The number of rotatable bonds is 5. The van der Waals surface area contributed by atoms with Crippen LogP contribution in [0.1, 0.15) is 31.0 Å². The van der Waals surface area contributed by atoms with E-state index in [1.807, 2.05) is 26.0 Å². The normalized spacial score (nSPS) is 20.8. The molecule has 2 aromatic rings. The summed E-state index contributed by atoms with van der Waals surface area (Å²) in [5.74, 6) is 3.02. The molecule has 1 fully saturated rings. The Morgan fingerprint density at radius 3 is 2.80 bits per heavy atom. The molecule has 0 amide bonds. The van der Waals surface area contributed by atoms with Crippen molar-refractivity contribution in [1.82, 2.24) is 20.3 Å². The van der Waals surface area contributed by atoms with Gasteiger partial charge in [0.2, 0.25) is 11.8 Å². The number of aryl methyl sites for hydroxylation is 1. The van der Waals surface area contributed by atoms with Gasteiger partial charge in [-0.3, -0.25) is 4.98 Å². The Kier molecular flexibility index (Phi) is 5.81. The quantitative estimate of drug-likeness (QED) is 0.899. The minimum atomic E-state index is 0.504. The second-order valence-corrected chi connectivity index (χ2v) is 6.82. The highest BCUT2D eigenvalue weighted by molar-refractivity contribution is 5.37. The second-order valence-electron chi connectivity index (χ2n) is 6.82. The fraction of sp³-hybridized carbons (Fsp3) is 0.526. The molecule has 0 bridgehead atoms. The average Bonchev–Trinajstić information content (AvgIpc) is 2.82. The summed E-state index contributed by atoms with van der Waals surface area (Å²) in [4.78, 5) is 12.8. The number of nitrogens with zero attached hydrogens (tertiary/aromatic N) is 3. The first-order valence-electron chi connectivity index (χ1n) is 8.88. The lowest BCUT2D eigenvalue weighted by molar-refractivity contribution is 0.229. The van der Waals surface area contributed by atoms with Crippen molar-refractivity contribution in [1.29, 1.82) is 0 Å². The van der Waals surface area contributed by atoms with Crippen LogP contribution >= 0.6 is 0 Å². The van der Waals surface area contributed by atoms with E-state index in [0.717, 1.165) is 30.3 Å². The molecule has 0 saturated carbocycles. The number of hydrogen-bond donors (Lipinski definition) is 1. The zero-order valence-electron chi connectivity index (χ0n) is 15.2. The Morgan fingerprint density at radius 2 is 1.96 bits per heavy atom. The van der Waals surface area contributed by atoms with Crippen molar-refractivity contribution in [2.45, 2.75) is 33.6 Å². The van der Waals surface area contributed by atoms with Gasteiger partial charge in [0.1, 0.15) is 6.33 Å². The predicted octanol–water partition coefficient (Wildman–Crippen LogP) is 3.30. The number of ether oxygens (including phenoxy) is 2. The lowest BCUT2D eigenvalue weighted by Gasteiger charge is -2.16. The SMILES string of the molecule is Cc1ncccc1Oc1ncnc(OCC2CCC(C)CNC2)c1C. The Morgan fingerprint density at radius 1 is 1.12 bits per heavy atom. The van der Waals surface area contributed by atoms with Gasteiger partial charge in [-0.05, 0) is 51.3 Å². The highest BCUT2D eigenvalue weighted by atomic mass is 16.5. The van der Waals surface area contributed by atoms with Gasteiger partial charge in [0.25, 0.3) is 0 Å². The maximum atomic E-state index is 5.99. The third-order valence-corrected chi connectivity index (χ3v) is 4.61. The second kappa shape index (κ2) is 8.25. The number of nitrogens with one attached hydrogen (secondary N) is 1. The maximum absolute atomic E-state index is 5.99. The molecular formula is C19H26N4O2. The monoisotopic (exact) mass is 342 g/mol. The van der Waals surface area contributed by atoms with Crippen molar-refractivity contribution >= 4 is 0 Å². The molecule has 2 unspecified atom stereocenters. The van der Waals surface area contributed by atoms with Crippen LogP contribution in [0.25, 0.3) is 0 Å². The van der Waals surface area contributed by atoms with Crippen LogP contribution in [0.3, 0.4) is 0 Å². The minimum Gasteiger partial charge on any atom is -0.477 e. The van der Waals surface area contributed by atoms with Crippen LogP contribution in [0.4, 0.5) is 0 Å². The van der Waals surface area contributed by atoms with Gasteiger partial charge in [-0.1, -0.05) is 6.92 Å². The largest absolute Gasteiger partial charge is 0.477 e.